The highest BCUT2D eigenvalue weighted by Crippen LogP contribution is 2.26. The van der Waals surface area contributed by atoms with Gasteiger partial charge in [-0.1, -0.05) is 18.2 Å². The number of para-hydroxylation sites is 1. The molecule has 3 aromatic rings. The van der Waals surface area contributed by atoms with E-state index in [4.69, 9.17) is 10.2 Å². The van der Waals surface area contributed by atoms with Crippen LogP contribution >= 0.6 is 0 Å². The van der Waals surface area contributed by atoms with E-state index in [0.29, 0.717) is 0 Å². The first kappa shape index (κ1) is 11.0. The summed E-state index contributed by atoms with van der Waals surface area (Å²) >= 11 is 0. The van der Waals surface area contributed by atoms with Gasteiger partial charge >= 0.3 is 0 Å². The molecular weight excluding hydrogens is 226 g/mol. The second-order valence-corrected chi connectivity index (χ2v) is 4.24. The fourth-order valence-electron chi connectivity index (χ4n) is 2.17. The molecule has 0 aliphatic rings. The lowest BCUT2D eigenvalue weighted by atomic mass is 10.1. The van der Waals surface area contributed by atoms with Gasteiger partial charge in [0.25, 0.3) is 0 Å². The van der Waals surface area contributed by atoms with Gasteiger partial charge in [0.1, 0.15) is 17.4 Å². The molecule has 0 saturated carbocycles. The Balaban J connectivity index is 2.03. The third-order valence-corrected chi connectivity index (χ3v) is 3.12. The summed E-state index contributed by atoms with van der Waals surface area (Å²) in [6.07, 6.45) is 1.77. The average molecular weight is 241 g/mol. The van der Waals surface area contributed by atoms with Crippen molar-refractivity contribution in [3.8, 4) is 0 Å². The van der Waals surface area contributed by atoms with Gasteiger partial charge in [0.05, 0.1) is 5.69 Å². The van der Waals surface area contributed by atoms with Crippen LogP contribution in [0.25, 0.3) is 11.0 Å². The molecule has 0 saturated heterocycles. The molecule has 3 rings (SSSR count). The zero-order valence-electron chi connectivity index (χ0n) is 10.2. The van der Waals surface area contributed by atoms with Crippen molar-refractivity contribution in [2.24, 2.45) is 5.73 Å². The molecule has 4 nitrogen and oxygen atoms in total. The van der Waals surface area contributed by atoms with Gasteiger partial charge in [0.2, 0.25) is 0 Å². The maximum atomic E-state index is 6.25. The number of hydrogen-bond acceptors (Lipinski definition) is 3. The third-order valence-electron chi connectivity index (χ3n) is 3.12. The zero-order valence-corrected chi connectivity index (χ0v) is 10.2. The standard InChI is InChI=1S/C14H15N3O/c1-2-17-11(7-8-16-17)14(15)13-9-10-5-3-4-6-12(10)18-13/h3-9,14H,2,15H2,1H3. The number of nitrogens with zero attached hydrogens (tertiary/aromatic N) is 2. The molecule has 0 bridgehead atoms. The quantitative estimate of drug-likeness (QED) is 0.767. The van der Waals surface area contributed by atoms with Crippen LogP contribution in [0, 0.1) is 0 Å². The van der Waals surface area contributed by atoms with E-state index in [9.17, 15) is 0 Å². The molecule has 0 fully saturated rings. The third kappa shape index (κ3) is 1.71. The number of hydrogen-bond donors (Lipinski definition) is 1. The molecule has 92 valence electrons. The van der Waals surface area contributed by atoms with Crippen molar-refractivity contribution < 1.29 is 4.42 Å². The Kier molecular flexibility index (Phi) is 2.64. The Morgan fingerprint density at radius 2 is 2.17 bits per heavy atom. The zero-order chi connectivity index (χ0) is 12.5. The van der Waals surface area contributed by atoms with E-state index >= 15 is 0 Å². The first-order chi connectivity index (χ1) is 8.79. The molecule has 1 aromatic carbocycles. The predicted octanol–water partition coefficient (Wildman–Crippen LogP) is 2.70. The van der Waals surface area contributed by atoms with E-state index in [1.165, 1.54) is 0 Å². The van der Waals surface area contributed by atoms with Crippen LogP contribution in [0.4, 0.5) is 0 Å². The second kappa shape index (κ2) is 4.31. The SMILES string of the molecule is CCn1nccc1C(N)c1cc2ccccc2o1. The van der Waals surface area contributed by atoms with Crippen LogP contribution in [-0.4, -0.2) is 9.78 Å². The molecule has 0 radical (unpaired) electrons. The molecular formula is C14H15N3O. The number of nitrogens with two attached hydrogens (primary N) is 1. The summed E-state index contributed by atoms with van der Waals surface area (Å²) in [6, 6.07) is 11.6. The molecule has 18 heavy (non-hydrogen) atoms. The highest BCUT2D eigenvalue weighted by atomic mass is 16.3. The smallest absolute Gasteiger partial charge is 0.134 e. The molecule has 2 N–H and O–H groups in total. The number of benzene rings is 1. The summed E-state index contributed by atoms with van der Waals surface area (Å²) in [5, 5.41) is 5.30. The first-order valence-electron chi connectivity index (χ1n) is 6.05. The molecule has 0 amide bonds. The van der Waals surface area contributed by atoms with E-state index in [2.05, 4.69) is 5.10 Å². The van der Waals surface area contributed by atoms with Gasteiger partial charge in [0.15, 0.2) is 0 Å². The van der Waals surface area contributed by atoms with Crippen molar-refractivity contribution in [1.29, 1.82) is 0 Å². The minimum atomic E-state index is -0.278. The fraction of sp³-hybridized carbons (Fsp3) is 0.214. The summed E-state index contributed by atoms with van der Waals surface area (Å²) in [5.74, 6) is 0.770. The van der Waals surface area contributed by atoms with Gasteiger partial charge in [-0.3, -0.25) is 4.68 Å². The molecule has 0 spiro atoms. The van der Waals surface area contributed by atoms with Gasteiger partial charge in [-0.25, -0.2) is 0 Å². The van der Waals surface area contributed by atoms with E-state index in [1.807, 2.05) is 48.0 Å². The van der Waals surface area contributed by atoms with Crippen molar-refractivity contribution in [3.63, 3.8) is 0 Å². The van der Waals surface area contributed by atoms with E-state index in [1.54, 1.807) is 6.20 Å². The monoisotopic (exact) mass is 241 g/mol. The summed E-state index contributed by atoms with van der Waals surface area (Å²) in [7, 11) is 0. The van der Waals surface area contributed by atoms with Crippen molar-refractivity contribution >= 4 is 11.0 Å². The average Bonchev–Trinajstić information content (AvgIpc) is 3.03. The molecule has 0 aliphatic heterocycles. The maximum absolute atomic E-state index is 6.25. The number of aromatic nitrogens is 2. The molecule has 2 aromatic heterocycles. The van der Waals surface area contributed by atoms with Crippen LogP contribution in [0.15, 0.2) is 47.0 Å². The lowest BCUT2D eigenvalue weighted by Gasteiger charge is -2.10. The summed E-state index contributed by atoms with van der Waals surface area (Å²) in [6.45, 7) is 2.85. The second-order valence-electron chi connectivity index (χ2n) is 4.24. The van der Waals surface area contributed by atoms with Crippen molar-refractivity contribution in [1.82, 2.24) is 9.78 Å². The van der Waals surface area contributed by atoms with Crippen LogP contribution in [0.3, 0.4) is 0 Å². The minimum absolute atomic E-state index is 0.278. The Morgan fingerprint density at radius 1 is 1.33 bits per heavy atom. The molecule has 1 atom stereocenters. The number of fused-ring (bicyclic) bond motifs is 1. The molecule has 0 aliphatic carbocycles. The lowest BCUT2D eigenvalue weighted by molar-refractivity contribution is 0.500. The van der Waals surface area contributed by atoms with Crippen LogP contribution in [0.5, 0.6) is 0 Å². The van der Waals surface area contributed by atoms with Gasteiger partial charge in [-0.05, 0) is 25.1 Å². The van der Waals surface area contributed by atoms with Gasteiger partial charge in [-0.15, -0.1) is 0 Å². The van der Waals surface area contributed by atoms with E-state index < -0.39 is 0 Å². The van der Waals surface area contributed by atoms with Crippen molar-refractivity contribution in [3.05, 3.63) is 54.0 Å². The van der Waals surface area contributed by atoms with E-state index in [-0.39, 0.29) is 6.04 Å². The first-order valence-corrected chi connectivity index (χ1v) is 6.05. The summed E-state index contributed by atoms with van der Waals surface area (Å²) < 4.78 is 7.67. The normalized spacial score (nSPS) is 13.0. The number of aryl methyl sites for hydroxylation is 1. The van der Waals surface area contributed by atoms with Crippen molar-refractivity contribution in [2.75, 3.05) is 0 Å². The largest absolute Gasteiger partial charge is 0.459 e. The molecule has 4 heteroatoms. The van der Waals surface area contributed by atoms with Crippen LogP contribution in [0.1, 0.15) is 24.4 Å². The predicted molar refractivity (Wildman–Crippen MR) is 70.1 cm³/mol. The highest BCUT2D eigenvalue weighted by Gasteiger charge is 2.17. The van der Waals surface area contributed by atoms with Crippen LogP contribution in [0.2, 0.25) is 0 Å². The maximum Gasteiger partial charge on any atom is 0.134 e. The van der Waals surface area contributed by atoms with E-state index in [0.717, 1.165) is 29.0 Å². The molecule has 2 heterocycles. The van der Waals surface area contributed by atoms with Crippen LogP contribution in [-0.2, 0) is 6.54 Å². The number of rotatable bonds is 3. The summed E-state index contributed by atoms with van der Waals surface area (Å²) in [4.78, 5) is 0. The molecule has 1 unspecified atom stereocenters. The number of furan rings is 1. The van der Waals surface area contributed by atoms with Gasteiger partial charge in [-0.2, -0.15) is 5.10 Å². The van der Waals surface area contributed by atoms with Crippen LogP contribution < -0.4 is 5.73 Å². The highest BCUT2D eigenvalue weighted by molar-refractivity contribution is 5.77. The Morgan fingerprint density at radius 3 is 2.94 bits per heavy atom. The van der Waals surface area contributed by atoms with Gasteiger partial charge in [0, 0.05) is 18.1 Å². The Hall–Kier alpha value is -2.07. The lowest BCUT2D eigenvalue weighted by Crippen LogP contribution is -2.16. The van der Waals surface area contributed by atoms with Gasteiger partial charge < -0.3 is 10.2 Å². The Labute approximate surface area is 105 Å². The van der Waals surface area contributed by atoms with Crippen molar-refractivity contribution in [2.45, 2.75) is 19.5 Å². The minimum Gasteiger partial charge on any atom is -0.459 e. The summed E-state index contributed by atoms with van der Waals surface area (Å²) in [5.41, 5.74) is 8.08. The Bertz CT molecular complexity index is 635. The fourth-order valence-corrected chi connectivity index (χ4v) is 2.17. The topological polar surface area (TPSA) is 57.0 Å².